The summed E-state index contributed by atoms with van der Waals surface area (Å²) >= 11 is 0. The van der Waals surface area contributed by atoms with E-state index in [1.807, 2.05) is 46.8 Å². The molecule has 0 radical (unpaired) electrons. The second kappa shape index (κ2) is 8.37. The van der Waals surface area contributed by atoms with Gasteiger partial charge in [0.1, 0.15) is 17.9 Å². The Bertz CT molecular complexity index is 932. The Morgan fingerprint density at radius 2 is 1.89 bits per heavy atom. The van der Waals surface area contributed by atoms with Gasteiger partial charge in [0.15, 0.2) is 5.65 Å². The second-order valence-electron chi connectivity index (χ2n) is 7.01. The molecule has 7 heteroatoms. The molecule has 28 heavy (non-hydrogen) atoms. The zero-order valence-electron chi connectivity index (χ0n) is 16.1. The van der Waals surface area contributed by atoms with Crippen molar-refractivity contribution in [2.24, 2.45) is 0 Å². The molecule has 0 bridgehead atoms. The standard InChI is InChI=1S/C21H25N5O2/c1-2-18(27)25-12-8-16(9-13-25)19-20-21(23-11-10-22-20)26(24-19)14-15-28-17-6-4-3-5-7-17/h3-7,10-11,16H,2,8-9,12-15H2,1H3. The summed E-state index contributed by atoms with van der Waals surface area (Å²) in [7, 11) is 0. The molecule has 1 saturated heterocycles. The van der Waals surface area contributed by atoms with Crippen LogP contribution in [-0.2, 0) is 11.3 Å². The molecule has 0 unspecified atom stereocenters. The monoisotopic (exact) mass is 379 g/mol. The molecule has 1 aliphatic rings. The minimum atomic E-state index is 0.228. The molecule has 0 saturated carbocycles. The number of piperidine rings is 1. The van der Waals surface area contributed by atoms with Crippen LogP contribution in [-0.4, -0.2) is 50.3 Å². The lowest BCUT2D eigenvalue weighted by Crippen LogP contribution is -2.37. The number of aromatic nitrogens is 4. The Morgan fingerprint density at radius 1 is 1.14 bits per heavy atom. The van der Waals surface area contributed by atoms with Gasteiger partial charge in [0.2, 0.25) is 5.91 Å². The number of fused-ring (bicyclic) bond motifs is 1. The number of benzene rings is 1. The first kappa shape index (κ1) is 18.4. The quantitative estimate of drug-likeness (QED) is 0.658. The van der Waals surface area contributed by atoms with E-state index in [4.69, 9.17) is 9.84 Å². The van der Waals surface area contributed by atoms with Crippen molar-refractivity contribution in [1.82, 2.24) is 24.6 Å². The van der Waals surface area contributed by atoms with Gasteiger partial charge >= 0.3 is 0 Å². The summed E-state index contributed by atoms with van der Waals surface area (Å²) in [5.41, 5.74) is 2.65. The van der Waals surface area contributed by atoms with Crippen LogP contribution in [0.2, 0.25) is 0 Å². The lowest BCUT2D eigenvalue weighted by atomic mass is 9.93. The summed E-state index contributed by atoms with van der Waals surface area (Å²) in [4.78, 5) is 22.9. The van der Waals surface area contributed by atoms with Crippen molar-refractivity contribution in [3.63, 3.8) is 0 Å². The van der Waals surface area contributed by atoms with E-state index in [1.165, 1.54) is 0 Å². The number of para-hydroxylation sites is 1. The van der Waals surface area contributed by atoms with E-state index < -0.39 is 0 Å². The van der Waals surface area contributed by atoms with E-state index in [1.54, 1.807) is 12.4 Å². The van der Waals surface area contributed by atoms with E-state index in [0.717, 1.165) is 48.5 Å². The van der Waals surface area contributed by atoms with Crippen LogP contribution in [0.1, 0.15) is 37.8 Å². The Morgan fingerprint density at radius 3 is 2.64 bits per heavy atom. The van der Waals surface area contributed by atoms with Crippen LogP contribution in [0.5, 0.6) is 5.75 Å². The highest BCUT2D eigenvalue weighted by atomic mass is 16.5. The van der Waals surface area contributed by atoms with Crippen molar-refractivity contribution in [2.75, 3.05) is 19.7 Å². The number of nitrogens with zero attached hydrogens (tertiary/aromatic N) is 5. The van der Waals surface area contributed by atoms with Crippen LogP contribution in [0.3, 0.4) is 0 Å². The SMILES string of the molecule is CCC(=O)N1CCC(c2nn(CCOc3ccccc3)c3nccnc23)CC1. The van der Waals surface area contributed by atoms with Crippen molar-refractivity contribution in [2.45, 2.75) is 38.6 Å². The molecule has 1 aliphatic heterocycles. The average Bonchev–Trinajstić information content (AvgIpc) is 3.13. The molecular formula is C21H25N5O2. The van der Waals surface area contributed by atoms with Gasteiger partial charge in [-0.1, -0.05) is 25.1 Å². The molecule has 1 fully saturated rings. The predicted molar refractivity (Wildman–Crippen MR) is 106 cm³/mol. The topological polar surface area (TPSA) is 73.1 Å². The summed E-state index contributed by atoms with van der Waals surface area (Å²) in [5.74, 6) is 1.38. The van der Waals surface area contributed by atoms with Crippen molar-refractivity contribution in [3.8, 4) is 5.75 Å². The van der Waals surface area contributed by atoms with Crippen LogP contribution in [0.4, 0.5) is 0 Å². The molecule has 2 aromatic heterocycles. The van der Waals surface area contributed by atoms with E-state index >= 15 is 0 Å². The minimum absolute atomic E-state index is 0.228. The van der Waals surface area contributed by atoms with Crippen molar-refractivity contribution >= 4 is 17.1 Å². The van der Waals surface area contributed by atoms with Crippen LogP contribution >= 0.6 is 0 Å². The number of ether oxygens (including phenoxy) is 1. The first-order valence-electron chi connectivity index (χ1n) is 9.89. The normalized spacial score (nSPS) is 15.1. The van der Waals surface area contributed by atoms with E-state index in [0.29, 0.717) is 25.5 Å². The number of carbonyl (C=O) groups excluding carboxylic acids is 1. The van der Waals surface area contributed by atoms with Gasteiger partial charge in [0, 0.05) is 37.8 Å². The fraction of sp³-hybridized carbons (Fsp3) is 0.429. The second-order valence-corrected chi connectivity index (χ2v) is 7.01. The smallest absolute Gasteiger partial charge is 0.222 e. The molecule has 0 spiro atoms. The van der Waals surface area contributed by atoms with Gasteiger partial charge in [-0.25, -0.2) is 14.6 Å². The Labute approximate surface area is 164 Å². The lowest BCUT2D eigenvalue weighted by molar-refractivity contribution is -0.131. The molecular weight excluding hydrogens is 354 g/mol. The van der Waals surface area contributed by atoms with E-state index in [-0.39, 0.29) is 5.91 Å². The van der Waals surface area contributed by atoms with Crippen LogP contribution < -0.4 is 4.74 Å². The number of hydrogen-bond donors (Lipinski definition) is 0. The highest BCUT2D eigenvalue weighted by Crippen LogP contribution is 2.31. The first-order valence-corrected chi connectivity index (χ1v) is 9.89. The largest absolute Gasteiger partial charge is 0.492 e. The highest BCUT2D eigenvalue weighted by molar-refractivity contribution is 5.76. The van der Waals surface area contributed by atoms with Gasteiger partial charge in [-0.3, -0.25) is 4.79 Å². The number of likely N-dealkylation sites (tertiary alicyclic amines) is 1. The Hall–Kier alpha value is -2.96. The summed E-state index contributed by atoms with van der Waals surface area (Å²) in [6, 6.07) is 9.76. The molecule has 7 nitrogen and oxygen atoms in total. The fourth-order valence-corrected chi connectivity index (χ4v) is 3.75. The number of hydrogen-bond acceptors (Lipinski definition) is 5. The van der Waals surface area contributed by atoms with E-state index in [9.17, 15) is 4.79 Å². The third-order valence-electron chi connectivity index (χ3n) is 5.25. The lowest BCUT2D eigenvalue weighted by Gasteiger charge is -2.31. The van der Waals surface area contributed by atoms with Crippen LogP contribution in [0, 0.1) is 0 Å². The summed E-state index contributed by atoms with van der Waals surface area (Å²) in [6.45, 7) is 4.60. The van der Waals surface area contributed by atoms with Gasteiger partial charge in [-0.2, -0.15) is 5.10 Å². The van der Waals surface area contributed by atoms with Gasteiger partial charge in [0.25, 0.3) is 0 Å². The summed E-state index contributed by atoms with van der Waals surface area (Å²) < 4.78 is 7.71. The number of amides is 1. The molecule has 0 atom stereocenters. The van der Waals surface area contributed by atoms with Gasteiger partial charge in [-0.15, -0.1) is 0 Å². The summed E-state index contributed by atoms with van der Waals surface area (Å²) in [6.07, 6.45) is 5.80. The minimum Gasteiger partial charge on any atom is -0.492 e. The first-order chi connectivity index (χ1) is 13.8. The zero-order valence-corrected chi connectivity index (χ0v) is 16.1. The molecule has 1 aromatic carbocycles. The van der Waals surface area contributed by atoms with Crippen LogP contribution in [0.25, 0.3) is 11.2 Å². The van der Waals surface area contributed by atoms with Gasteiger partial charge in [-0.05, 0) is 25.0 Å². The molecule has 3 aromatic rings. The third kappa shape index (κ3) is 3.83. The van der Waals surface area contributed by atoms with Crippen molar-refractivity contribution < 1.29 is 9.53 Å². The maximum atomic E-state index is 11.9. The maximum absolute atomic E-state index is 11.9. The molecule has 0 N–H and O–H groups in total. The van der Waals surface area contributed by atoms with Gasteiger partial charge < -0.3 is 9.64 Å². The Kier molecular flexibility index (Phi) is 5.50. The number of carbonyl (C=O) groups is 1. The predicted octanol–water partition coefficient (Wildman–Crippen LogP) is 3.02. The van der Waals surface area contributed by atoms with Gasteiger partial charge in [0.05, 0.1) is 12.2 Å². The molecule has 4 rings (SSSR count). The maximum Gasteiger partial charge on any atom is 0.222 e. The van der Waals surface area contributed by atoms with Crippen molar-refractivity contribution in [3.05, 3.63) is 48.4 Å². The molecule has 1 amide bonds. The highest BCUT2D eigenvalue weighted by Gasteiger charge is 2.27. The third-order valence-corrected chi connectivity index (χ3v) is 5.25. The van der Waals surface area contributed by atoms with E-state index in [2.05, 4.69) is 9.97 Å². The zero-order chi connectivity index (χ0) is 19.3. The Balaban J connectivity index is 1.48. The van der Waals surface area contributed by atoms with Crippen LogP contribution in [0.15, 0.2) is 42.7 Å². The van der Waals surface area contributed by atoms with Crippen molar-refractivity contribution in [1.29, 1.82) is 0 Å². The summed E-state index contributed by atoms with van der Waals surface area (Å²) in [5, 5.41) is 4.84. The fourth-order valence-electron chi connectivity index (χ4n) is 3.75. The average molecular weight is 379 g/mol. The number of rotatable bonds is 6. The molecule has 146 valence electrons. The molecule has 3 heterocycles. The molecule has 0 aliphatic carbocycles.